The van der Waals surface area contributed by atoms with Crippen molar-refractivity contribution >= 4 is 16.7 Å². The number of aromatic amines is 1. The monoisotopic (exact) mass is 258 g/mol. The second kappa shape index (κ2) is 5.69. The Morgan fingerprint density at radius 1 is 1.32 bits per heavy atom. The third-order valence-electron chi connectivity index (χ3n) is 3.18. The van der Waals surface area contributed by atoms with Crippen molar-refractivity contribution in [1.29, 1.82) is 0 Å². The second-order valence-corrected chi connectivity index (χ2v) is 4.68. The Kier molecular flexibility index (Phi) is 4.00. The Hall–Kier alpha value is -2.10. The van der Waals surface area contributed by atoms with E-state index in [1.54, 1.807) is 24.1 Å². The lowest BCUT2D eigenvalue weighted by molar-refractivity contribution is 0.0787. The molecule has 0 aliphatic carbocycles. The van der Waals surface area contributed by atoms with Gasteiger partial charge in [0.25, 0.3) is 11.5 Å². The Morgan fingerprint density at radius 2 is 2.05 bits per heavy atom. The van der Waals surface area contributed by atoms with E-state index in [1.165, 1.54) is 0 Å². The fourth-order valence-corrected chi connectivity index (χ4v) is 2.03. The smallest absolute Gasteiger partial charge is 0.270 e. The van der Waals surface area contributed by atoms with E-state index < -0.39 is 0 Å². The minimum Gasteiger partial charge on any atom is -0.340 e. The van der Waals surface area contributed by atoms with E-state index in [1.807, 2.05) is 18.2 Å². The number of hydrogen-bond donors (Lipinski definition) is 1. The Morgan fingerprint density at radius 3 is 2.79 bits per heavy atom. The molecule has 0 aliphatic heterocycles. The molecule has 0 aliphatic rings. The molecule has 0 saturated heterocycles. The Balaban J connectivity index is 2.35. The van der Waals surface area contributed by atoms with Crippen molar-refractivity contribution < 1.29 is 4.79 Å². The van der Waals surface area contributed by atoms with Gasteiger partial charge in [-0.3, -0.25) is 9.59 Å². The number of hydrogen-bond acceptors (Lipinski definition) is 2. The number of nitrogens with one attached hydrogen (secondary N) is 1. The number of benzene rings is 1. The minimum atomic E-state index is -0.217. The van der Waals surface area contributed by atoms with Gasteiger partial charge in [-0.2, -0.15) is 0 Å². The van der Waals surface area contributed by atoms with E-state index >= 15 is 0 Å². The first-order chi connectivity index (χ1) is 9.13. The molecule has 0 fully saturated rings. The molecule has 1 amide bonds. The summed E-state index contributed by atoms with van der Waals surface area (Å²) < 4.78 is 0. The zero-order chi connectivity index (χ0) is 13.8. The SMILES string of the molecule is CCCCN(C)C(=O)c1cc2ccccc2c(=O)[nH]1. The largest absolute Gasteiger partial charge is 0.340 e. The molecule has 0 atom stereocenters. The second-order valence-electron chi connectivity index (χ2n) is 4.68. The van der Waals surface area contributed by atoms with Gasteiger partial charge in [-0.05, 0) is 23.9 Å². The number of pyridine rings is 1. The van der Waals surface area contributed by atoms with E-state index in [9.17, 15) is 9.59 Å². The lowest BCUT2D eigenvalue weighted by Gasteiger charge is -2.16. The maximum absolute atomic E-state index is 12.2. The van der Waals surface area contributed by atoms with Gasteiger partial charge in [0.15, 0.2) is 0 Å². The van der Waals surface area contributed by atoms with Crippen LogP contribution in [0.3, 0.4) is 0 Å². The summed E-state index contributed by atoms with van der Waals surface area (Å²) >= 11 is 0. The summed E-state index contributed by atoms with van der Waals surface area (Å²) in [5, 5.41) is 1.40. The highest BCUT2D eigenvalue weighted by atomic mass is 16.2. The van der Waals surface area contributed by atoms with Gasteiger partial charge in [0.1, 0.15) is 5.69 Å². The van der Waals surface area contributed by atoms with Crippen LogP contribution < -0.4 is 5.56 Å². The maximum Gasteiger partial charge on any atom is 0.270 e. The molecule has 1 aromatic heterocycles. The zero-order valence-corrected chi connectivity index (χ0v) is 11.3. The minimum absolute atomic E-state index is 0.142. The van der Waals surface area contributed by atoms with Crippen molar-refractivity contribution in [2.24, 2.45) is 0 Å². The Labute approximate surface area is 112 Å². The quantitative estimate of drug-likeness (QED) is 0.915. The molecule has 19 heavy (non-hydrogen) atoms. The predicted molar refractivity (Wildman–Crippen MR) is 76.4 cm³/mol. The molecular formula is C15H18N2O2. The summed E-state index contributed by atoms with van der Waals surface area (Å²) in [7, 11) is 1.76. The highest BCUT2D eigenvalue weighted by Crippen LogP contribution is 2.11. The highest BCUT2D eigenvalue weighted by molar-refractivity contribution is 5.96. The summed E-state index contributed by atoms with van der Waals surface area (Å²) in [5.74, 6) is -0.142. The molecule has 100 valence electrons. The number of H-pyrrole nitrogens is 1. The van der Waals surface area contributed by atoms with Crippen LogP contribution in [0.25, 0.3) is 10.8 Å². The van der Waals surface area contributed by atoms with Crippen LogP contribution >= 0.6 is 0 Å². The number of fused-ring (bicyclic) bond motifs is 1. The molecule has 0 unspecified atom stereocenters. The normalized spacial score (nSPS) is 10.6. The van der Waals surface area contributed by atoms with Crippen molar-refractivity contribution in [2.75, 3.05) is 13.6 Å². The molecular weight excluding hydrogens is 240 g/mol. The van der Waals surface area contributed by atoms with Gasteiger partial charge >= 0.3 is 0 Å². The Bertz CT molecular complexity index is 646. The van der Waals surface area contributed by atoms with E-state index in [-0.39, 0.29) is 11.5 Å². The number of aromatic nitrogens is 1. The van der Waals surface area contributed by atoms with Gasteiger partial charge in [-0.25, -0.2) is 0 Å². The van der Waals surface area contributed by atoms with Gasteiger partial charge in [0, 0.05) is 19.0 Å². The van der Waals surface area contributed by atoms with Crippen LogP contribution in [-0.4, -0.2) is 29.4 Å². The first-order valence-corrected chi connectivity index (χ1v) is 6.51. The lowest BCUT2D eigenvalue weighted by atomic mass is 10.1. The molecule has 1 N–H and O–H groups in total. The third kappa shape index (κ3) is 2.84. The highest BCUT2D eigenvalue weighted by Gasteiger charge is 2.13. The van der Waals surface area contributed by atoms with Crippen molar-refractivity contribution in [2.45, 2.75) is 19.8 Å². The average Bonchev–Trinajstić information content (AvgIpc) is 2.43. The van der Waals surface area contributed by atoms with E-state index in [0.717, 1.165) is 18.2 Å². The fourth-order valence-electron chi connectivity index (χ4n) is 2.03. The molecule has 1 heterocycles. The standard InChI is InChI=1S/C15H18N2O2/c1-3-4-9-17(2)15(19)13-10-11-7-5-6-8-12(11)14(18)16-13/h5-8,10H,3-4,9H2,1-2H3,(H,16,18). The van der Waals surface area contributed by atoms with Crippen LogP contribution in [-0.2, 0) is 0 Å². The summed E-state index contributed by atoms with van der Waals surface area (Å²) in [6.45, 7) is 2.78. The maximum atomic E-state index is 12.2. The molecule has 4 heteroatoms. The third-order valence-corrected chi connectivity index (χ3v) is 3.18. The van der Waals surface area contributed by atoms with Crippen LogP contribution in [0.2, 0.25) is 0 Å². The molecule has 2 aromatic rings. The number of nitrogens with zero attached hydrogens (tertiary/aromatic N) is 1. The van der Waals surface area contributed by atoms with Crippen molar-refractivity contribution in [3.05, 3.63) is 46.4 Å². The molecule has 1 aromatic carbocycles. The van der Waals surface area contributed by atoms with Crippen LogP contribution in [0.5, 0.6) is 0 Å². The van der Waals surface area contributed by atoms with Crippen LogP contribution in [0, 0.1) is 0 Å². The van der Waals surface area contributed by atoms with E-state index in [4.69, 9.17) is 0 Å². The molecule has 2 rings (SSSR count). The number of carbonyl (C=O) groups excluding carboxylic acids is 1. The lowest BCUT2D eigenvalue weighted by Crippen LogP contribution is -2.29. The summed E-state index contributed by atoms with van der Waals surface area (Å²) in [6, 6.07) is 9.00. The van der Waals surface area contributed by atoms with E-state index in [0.29, 0.717) is 17.6 Å². The summed E-state index contributed by atoms with van der Waals surface area (Å²) in [4.78, 5) is 28.4. The molecule has 4 nitrogen and oxygen atoms in total. The molecule has 0 bridgehead atoms. The molecule has 0 radical (unpaired) electrons. The van der Waals surface area contributed by atoms with Gasteiger partial charge < -0.3 is 9.88 Å². The zero-order valence-electron chi connectivity index (χ0n) is 11.3. The van der Waals surface area contributed by atoms with Gasteiger partial charge in [-0.1, -0.05) is 31.5 Å². The molecule has 0 spiro atoms. The van der Waals surface area contributed by atoms with Gasteiger partial charge in [-0.15, -0.1) is 0 Å². The predicted octanol–water partition coefficient (Wildman–Crippen LogP) is 2.40. The topological polar surface area (TPSA) is 53.2 Å². The summed E-state index contributed by atoms with van der Waals surface area (Å²) in [5.41, 5.74) is 0.132. The van der Waals surface area contributed by atoms with Crippen LogP contribution in [0.1, 0.15) is 30.3 Å². The summed E-state index contributed by atoms with van der Waals surface area (Å²) in [6.07, 6.45) is 1.99. The number of carbonyl (C=O) groups is 1. The molecule has 0 saturated carbocycles. The first kappa shape index (κ1) is 13.3. The van der Waals surface area contributed by atoms with Gasteiger partial charge in [0.2, 0.25) is 0 Å². The number of amides is 1. The number of unbranched alkanes of at least 4 members (excludes halogenated alkanes) is 1. The fraction of sp³-hybridized carbons (Fsp3) is 0.333. The van der Waals surface area contributed by atoms with E-state index in [2.05, 4.69) is 11.9 Å². The van der Waals surface area contributed by atoms with Crippen molar-refractivity contribution in [3.63, 3.8) is 0 Å². The first-order valence-electron chi connectivity index (χ1n) is 6.51. The van der Waals surface area contributed by atoms with Crippen molar-refractivity contribution in [1.82, 2.24) is 9.88 Å². The number of rotatable bonds is 4. The van der Waals surface area contributed by atoms with Crippen LogP contribution in [0.15, 0.2) is 35.1 Å². The van der Waals surface area contributed by atoms with Crippen molar-refractivity contribution in [3.8, 4) is 0 Å². The van der Waals surface area contributed by atoms with Crippen LogP contribution in [0.4, 0.5) is 0 Å². The average molecular weight is 258 g/mol. The van der Waals surface area contributed by atoms with Gasteiger partial charge in [0.05, 0.1) is 0 Å².